The Kier molecular flexibility index (Phi) is 2.97. The third-order valence-corrected chi connectivity index (χ3v) is 3.70. The van der Waals surface area contributed by atoms with E-state index in [0.717, 1.165) is 16.3 Å². The van der Waals surface area contributed by atoms with Crippen LogP contribution in [0.2, 0.25) is 0 Å². The van der Waals surface area contributed by atoms with Gasteiger partial charge in [-0.05, 0) is 37.1 Å². The number of phenolic OH excluding ortho intramolecular Hbond substituents is 1. The fourth-order valence-corrected chi connectivity index (χ4v) is 2.61. The Morgan fingerprint density at radius 2 is 1.81 bits per heavy atom. The molecule has 0 aliphatic carbocycles. The number of aromatic hydroxyl groups is 1. The van der Waals surface area contributed by atoms with Gasteiger partial charge in [0.25, 0.3) is 0 Å². The summed E-state index contributed by atoms with van der Waals surface area (Å²) in [6.45, 7) is 6.38. The molecule has 1 aromatic carbocycles. The number of rotatable bonds is 2. The maximum atomic E-state index is 9.27. The Bertz CT molecular complexity index is 485. The highest BCUT2D eigenvalue weighted by molar-refractivity contribution is 7.12. The van der Waals surface area contributed by atoms with Gasteiger partial charge in [-0.3, -0.25) is 0 Å². The molecule has 0 atom stereocenters. The van der Waals surface area contributed by atoms with Gasteiger partial charge in [-0.1, -0.05) is 13.8 Å². The van der Waals surface area contributed by atoms with Gasteiger partial charge in [0.1, 0.15) is 5.75 Å². The lowest BCUT2D eigenvalue weighted by molar-refractivity contribution is 0.475. The highest BCUT2D eigenvalue weighted by Gasteiger charge is 2.13. The van der Waals surface area contributed by atoms with Crippen LogP contribution in [0, 0.1) is 6.92 Å². The molecule has 0 bridgehead atoms. The van der Waals surface area contributed by atoms with Crippen molar-refractivity contribution in [2.24, 2.45) is 0 Å². The molecule has 1 heterocycles. The van der Waals surface area contributed by atoms with E-state index in [1.54, 1.807) is 23.5 Å². The van der Waals surface area contributed by atoms with Crippen LogP contribution in [0.25, 0.3) is 11.3 Å². The van der Waals surface area contributed by atoms with Crippen molar-refractivity contribution in [2.45, 2.75) is 26.7 Å². The number of aromatic nitrogens is 1. The van der Waals surface area contributed by atoms with Crippen LogP contribution in [0.15, 0.2) is 24.3 Å². The lowest BCUT2D eigenvalue weighted by Gasteiger charge is -2.05. The Hall–Kier alpha value is -1.35. The molecule has 2 nitrogen and oxygen atoms in total. The summed E-state index contributed by atoms with van der Waals surface area (Å²) in [4.78, 5) is 5.88. The van der Waals surface area contributed by atoms with Gasteiger partial charge >= 0.3 is 0 Å². The number of thiazole rings is 1. The molecule has 0 spiro atoms. The quantitative estimate of drug-likeness (QED) is 0.852. The van der Waals surface area contributed by atoms with E-state index in [9.17, 15) is 5.11 Å². The van der Waals surface area contributed by atoms with E-state index >= 15 is 0 Å². The SMILES string of the molecule is Cc1nc(-c2ccc(O)cc2)c(C(C)C)s1. The summed E-state index contributed by atoms with van der Waals surface area (Å²) in [5, 5.41) is 10.4. The molecule has 0 unspecified atom stereocenters. The minimum absolute atomic E-state index is 0.293. The van der Waals surface area contributed by atoms with Crippen LogP contribution in [-0.4, -0.2) is 10.1 Å². The Morgan fingerprint density at radius 1 is 1.19 bits per heavy atom. The fourth-order valence-electron chi connectivity index (χ4n) is 1.66. The molecule has 0 aliphatic rings. The minimum atomic E-state index is 0.293. The summed E-state index contributed by atoms with van der Waals surface area (Å²) < 4.78 is 0. The molecule has 0 amide bonds. The molecule has 1 N–H and O–H groups in total. The van der Waals surface area contributed by atoms with Crippen molar-refractivity contribution < 1.29 is 5.11 Å². The topological polar surface area (TPSA) is 33.1 Å². The maximum absolute atomic E-state index is 9.27. The van der Waals surface area contributed by atoms with E-state index in [2.05, 4.69) is 18.8 Å². The molecule has 3 heteroatoms. The van der Waals surface area contributed by atoms with Crippen molar-refractivity contribution in [3.8, 4) is 17.0 Å². The van der Waals surface area contributed by atoms with E-state index in [0.29, 0.717) is 11.7 Å². The van der Waals surface area contributed by atoms with Gasteiger partial charge in [0.15, 0.2) is 0 Å². The highest BCUT2D eigenvalue weighted by Crippen LogP contribution is 2.33. The molecule has 0 fully saturated rings. The van der Waals surface area contributed by atoms with Crippen molar-refractivity contribution >= 4 is 11.3 Å². The molecular formula is C13H15NOS. The molecule has 2 rings (SSSR count). The molecule has 0 saturated heterocycles. The smallest absolute Gasteiger partial charge is 0.115 e. The number of benzene rings is 1. The predicted octanol–water partition coefficient (Wildman–Crippen LogP) is 3.95. The van der Waals surface area contributed by atoms with E-state index in [1.807, 2.05) is 19.1 Å². The number of hydrogen-bond acceptors (Lipinski definition) is 3. The van der Waals surface area contributed by atoms with Crippen molar-refractivity contribution in [2.75, 3.05) is 0 Å². The third kappa shape index (κ3) is 2.09. The van der Waals surface area contributed by atoms with Crippen molar-refractivity contribution in [1.82, 2.24) is 4.98 Å². The highest BCUT2D eigenvalue weighted by atomic mass is 32.1. The average Bonchev–Trinajstić information content (AvgIpc) is 2.61. The summed E-state index contributed by atoms with van der Waals surface area (Å²) in [6, 6.07) is 7.23. The second-order valence-corrected chi connectivity index (χ2v) is 5.38. The average molecular weight is 233 g/mol. The minimum Gasteiger partial charge on any atom is -0.508 e. The lowest BCUT2D eigenvalue weighted by atomic mass is 10.1. The predicted molar refractivity (Wildman–Crippen MR) is 68.0 cm³/mol. The molecule has 2 aromatic rings. The van der Waals surface area contributed by atoms with Crippen LogP contribution < -0.4 is 0 Å². The van der Waals surface area contributed by atoms with Crippen LogP contribution >= 0.6 is 11.3 Å². The number of nitrogens with zero attached hydrogens (tertiary/aromatic N) is 1. The number of phenols is 1. The van der Waals surface area contributed by atoms with Crippen molar-refractivity contribution in [3.05, 3.63) is 34.2 Å². The number of hydrogen-bond donors (Lipinski definition) is 1. The molecule has 16 heavy (non-hydrogen) atoms. The Morgan fingerprint density at radius 3 is 2.38 bits per heavy atom. The van der Waals surface area contributed by atoms with Gasteiger partial charge in [0, 0.05) is 10.4 Å². The first-order valence-corrected chi connectivity index (χ1v) is 6.16. The first-order valence-electron chi connectivity index (χ1n) is 5.34. The summed E-state index contributed by atoms with van der Waals surface area (Å²) in [7, 11) is 0. The lowest BCUT2D eigenvalue weighted by Crippen LogP contribution is -1.87. The standard InChI is InChI=1S/C13H15NOS/c1-8(2)13-12(14-9(3)16-13)10-4-6-11(15)7-5-10/h4-8,15H,1-3H3. The summed E-state index contributed by atoms with van der Waals surface area (Å²) in [5.41, 5.74) is 2.13. The zero-order valence-corrected chi connectivity index (χ0v) is 10.5. The van der Waals surface area contributed by atoms with Crippen LogP contribution in [0.3, 0.4) is 0 Å². The molecule has 84 valence electrons. The monoisotopic (exact) mass is 233 g/mol. The largest absolute Gasteiger partial charge is 0.508 e. The van der Waals surface area contributed by atoms with Crippen molar-refractivity contribution in [1.29, 1.82) is 0 Å². The fraction of sp³-hybridized carbons (Fsp3) is 0.308. The molecule has 0 aliphatic heterocycles. The van der Waals surface area contributed by atoms with Gasteiger partial charge in [-0.2, -0.15) is 0 Å². The Balaban J connectivity index is 2.50. The van der Waals surface area contributed by atoms with Crippen LogP contribution in [0.4, 0.5) is 0 Å². The zero-order valence-electron chi connectivity index (χ0n) is 9.69. The normalized spacial score (nSPS) is 11.0. The maximum Gasteiger partial charge on any atom is 0.115 e. The Labute approximate surface area is 99.6 Å². The van der Waals surface area contributed by atoms with Gasteiger partial charge in [-0.25, -0.2) is 4.98 Å². The van der Waals surface area contributed by atoms with E-state index in [-0.39, 0.29) is 0 Å². The third-order valence-electron chi connectivity index (χ3n) is 2.43. The zero-order chi connectivity index (χ0) is 11.7. The first kappa shape index (κ1) is 11.1. The first-order chi connectivity index (χ1) is 7.58. The van der Waals surface area contributed by atoms with Gasteiger partial charge < -0.3 is 5.11 Å². The summed E-state index contributed by atoms with van der Waals surface area (Å²) in [5.74, 6) is 0.775. The van der Waals surface area contributed by atoms with Gasteiger partial charge in [-0.15, -0.1) is 11.3 Å². The summed E-state index contributed by atoms with van der Waals surface area (Å²) >= 11 is 1.75. The molecular weight excluding hydrogens is 218 g/mol. The molecule has 0 saturated carbocycles. The summed E-state index contributed by atoms with van der Waals surface area (Å²) in [6.07, 6.45) is 0. The van der Waals surface area contributed by atoms with Gasteiger partial charge in [0.05, 0.1) is 10.7 Å². The van der Waals surface area contributed by atoms with Crippen LogP contribution in [0.1, 0.15) is 29.7 Å². The van der Waals surface area contributed by atoms with E-state index in [1.165, 1.54) is 4.88 Å². The van der Waals surface area contributed by atoms with Gasteiger partial charge in [0.2, 0.25) is 0 Å². The van der Waals surface area contributed by atoms with Crippen molar-refractivity contribution in [3.63, 3.8) is 0 Å². The van der Waals surface area contributed by atoms with Crippen LogP contribution in [-0.2, 0) is 0 Å². The van der Waals surface area contributed by atoms with E-state index in [4.69, 9.17) is 0 Å². The molecule has 1 aromatic heterocycles. The number of aryl methyl sites for hydroxylation is 1. The second-order valence-electron chi connectivity index (χ2n) is 4.15. The second kappa shape index (κ2) is 4.26. The van der Waals surface area contributed by atoms with E-state index < -0.39 is 0 Å². The molecule has 0 radical (unpaired) electrons. The van der Waals surface area contributed by atoms with Crippen LogP contribution in [0.5, 0.6) is 5.75 Å².